The molecule has 0 aromatic carbocycles. The van der Waals surface area contributed by atoms with Gasteiger partial charge in [0.2, 0.25) is 11.8 Å². The molecule has 1 saturated heterocycles. The first kappa shape index (κ1) is 11.3. The van der Waals surface area contributed by atoms with E-state index >= 15 is 0 Å². The van der Waals surface area contributed by atoms with Crippen LogP contribution in [0.4, 0.5) is 0 Å². The van der Waals surface area contributed by atoms with Gasteiger partial charge in [-0.1, -0.05) is 6.07 Å². The van der Waals surface area contributed by atoms with E-state index in [9.17, 15) is 9.59 Å². The van der Waals surface area contributed by atoms with E-state index in [1.807, 2.05) is 17.5 Å². The summed E-state index contributed by atoms with van der Waals surface area (Å²) in [5.41, 5.74) is 0. The lowest BCUT2D eigenvalue weighted by Crippen LogP contribution is -2.57. The smallest absolute Gasteiger partial charge is 0.246 e. The summed E-state index contributed by atoms with van der Waals surface area (Å²) >= 11 is 1.65. The van der Waals surface area contributed by atoms with Crippen molar-refractivity contribution < 1.29 is 9.59 Å². The van der Waals surface area contributed by atoms with Crippen molar-refractivity contribution >= 4 is 23.2 Å². The predicted molar refractivity (Wildman–Crippen MR) is 62.2 cm³/mol. The summed E-state index contributed by atoms with van der Waals surface area (Å²) in [6, 6.07) is 3.75. The van der Waals surface area contributed by atoms with Crippen LogP contribution in [0.3, 0.4) is 0 Å². The van der Waals surface area contributed by atoms with Gasteiger partial charge in [-0.2, -0.15) is 0 Å². The fourth-order valence-electron chi connectivity index (χ4n) is 1.69. The minimum atomic E-state index is -0.249. The Morgan fingerprint density at radius 3 is 3.06 bits per heavy atom. The van der Waals surface area contributed by atoms with Gasteiger partial charge < -0.3 is 0 Å². The summed E-state index contributed by atoms with van der Waals surface area (Å²) in [5, 5.41) is 4.87. The van der Waals surface area contributed by atoms with Crippen molar-refractivity contribution in [2.75, 3.05) is 13.1 Å². The Labute approximate surface area is 98.3 Å². The van der Waals surface area contributed by atoms with Gasteiger partial charge in [0, 0.05) is 11.4 Å². The highest BCUT2D eigenvalue weighted by atomic mass is 32.1. The summed E-state index contributed by atoms with van der Waals surface area (Å²) in [7, 11) is 0. The molecule has 1 aromatic heterocycles. The van der Waals surface area contributed by atoms with E-state index in [0.717, 1.165) is 6.42 Å². The molecule has 4 nitrogen and oxygen atoms in total. The van der Waals surface area contributed by atoms with E-state index in [0.29, 0.717) is 6.54 Å². The Bertz CT molecular complexity index is 389. The van der Waals surface area contributed by atoms with E-state index in [4.69, 9.17) is 0 Å². The number of nitrogens with zero attached hydrogens (tertiary/aromatic N) is 1. The predicted octanol–water partition coefficient (Wildman–Crippen LogP) is 0.637. The van der Waals surface area contributed by atoms with E-state index in [1.54, 1.807) is 18.3 Å². The molecule has 1 aliphatic rings. The van der Waals surface area contributed by atoms with Crippen molar-refractivity contribution in [3.8, 4) is 0 Å². The number of hydrogen-bond donors (Lipinski definition) is 1. The lowest BCUT2D eigenvalue weighted by molar-refractivity contribution is -0.148. The molecule has 1 aliphatic heterocycles. The zero-order valence-corrected chi connectivity index (χ0v) is 9.92. The summed E-state index contributed by atoms with van der Waals surface area (Å²) < 4.78 is 0. The molecule has 0 saturated carbocycles. The summed E-state index contributed by atoms with van der Waals surface area (Å²) in [5.74, 6) is -0.243. The summed E-state index contributed by atoms with van der Waals surface area (Å²) in [6.07, 6.45) is 0.752. The Morgan fingerprint density at radius 1 is 1.56 bits per heavy atom. The molecule has 2 heterocycles. The van der Waals surface area contributed by atoms with Crippen LogP contribution < -0.4 is 5.32 Å². The zero-order chi connectivity index (χ0) is 11.5. The largest absolute Gasteiger partial charge is 0.298 e. The van der Waals surface area contributed by atoms with Crippen molar-refractivity contribution in [2.24, 2.45) is 0 Å². The van der Waals surface area contributed by atoms with Crippen molar-refractivity contribution in [3.63, 3.8) is 0 Å². The molecule has 2 rings (SSSR count). The number of rotatable bonds is 3. The van der Waals surface area contributed by atoms with Gasteiger partial charge in [0.1, 0.15) is 0 Å². The first-order valence-electron chi connectivity index (χ1n) is 5.28. The number of hydrogen-bond acceptors (Lipinski definition) is 4. The van der Waals surface area contributed by atoms with Crippen LogP contribution in [0.2, 0.25) is 0 Å². The molecule has 1 aromatic rings. The average molecular weight is 238 g/mol. The molecule has 0 spiro atoms. The lowest BCUT2D eigenvalue weighted by Gasteiger charge is -2.29. The highest BCUT2D eigenvalue weighted by Crippen LogP contribution is 2.11. The molecule has 2 amide bonds. The third-order valence-corrected chi connectivity index (χ3v) is 3.60. The van der Waals surface area contributed by atoms with Gasteiger partial charge in [-0.15, -0.1) is 11.3 Å². The van der Waals surface area contributed by atoms with Crippen molar-refractivity contribution in [1.82, 2.24) is 10.2 Å². The minimum absolute atomic E-state index is 0.118. The lowest BCUT2D eigenvalue weighted by atomic mass is 10.2. The average Bonchev–Trinajstić information content (AvgIpc) is 2.77. The van der Waals surface area contributed by atoms with Gasteiger partial charge in [0.15, 0.2) is 0 Å². The minimum Gasteiger partial charge on any atom is -0.298 e. The van der Waals surface area contributed by atoms with Crippen LogP contribution in [0.15, 0.2) is 17.5 Å². The standard InChI is InChI=1S/C11H14N2O2S/c1-8-11(15)13(10(14)7-12-8)5-4-9-3-2-6-16-9/h2-3,6,8,12H,4-5,7H2,1H3. The molecule has 0 radical (unpaired) electrons. The van der Waals surface area contributed by atoms with Gasteiger partial charge >= 0.3 is 0 Å². The highest BCUT2D eigenvalue weighted by Gasteiger charge is 2.30. The van der Waals surface area contributed by atoms with Crippen LogP contribution in [0.5, 0.6) is 0 Å². The first-order chi connectivity index (χ1) is 7.68. The maximum absolute atomic E-state index is 11.7. The quantitative estimate of drug-likeness (QED) is 0.786. The van der Waals surface area contributed by atoms with Crippen LogP contribution in [0, 0.1) is 0 Å². The third-order valence-electron chi connectivity index (χ3n) is 2.66. The van der Waals surface area contributed by atoms with E-state index in [1.165, 1.54) is 9.78 Å². The zero-order valence-electron chi connectivity index (χ0n) is 9.10. The first-order valence-corrected chi connectivity index (χ1v) is 6.16. The molecule has 16 heavy (non-hydrogen) atoms. The van der Waals surface area contributed by atoms with E-state index in [-0.39, 0.29) is 24.4 Å². The molecular weight excluding hydrogens is 224 g/mol. The maximum Gasteiger partial charge on any atom is 0.246 e. The van der Waals surface area contributed by atoms with Crippen LogP contribution in [0.25, 0.3) is 0 Å². The second-order valence-corrected chi connectivity index (χ2v) is 4.85. The van der Waals surface area contributed by atoms with Gasteiger partial charge in [0.25, 0.3) is 0 Å². The molecule has 0 bridgehead atoms. The molecule has 1 unspecified atom stereocenters. The molecule has 86 valence electrons. The van der Waals surface area contributed by atoms with E-state index in [2.05, 4.69) is 5.32 Å². The number of carbonyl (C=O) groups excluding carboxylic acids is 2. The molecule has 1 N–H and O–H groups in total. The van der Waals surface area contributed by atoms with Gasteiger partial charge in [-0.3, -0.25) is 19.8 Å². The number of thiophene rings is 1. The number of imide groups is 1. The Hall–Kier alpha value is -1.20. The Kier molecular flexibility index (Phi) is 3.36. The van der Waals surface area contributed by atoms with Gasteiger partial charge in [0.05, 0.1) is 12.6 Å². The topological polar surface area (TPSA) is 49.4 Å². The molecule has 1 atom stereocenters. The van der Waals surface area contributed by atoms with E-state index < -0.39 is 0 Å². The summed E-state index contributed by atoms with van der Waals surface area (Å²) in [4.78, 5) is 25.9. The van der Waals surface area contributed by atoms with Crippen LogP contribution in [-0.4, -0.2) is 35.8 Å². The molecule has 5 heteroatoms. The Morgan fingerprint density at radius 2 is 2.38 bits per heavy atom. The summed E-state index contributed by atoms with van der Waals surface area (Å²) in [6.45, 7) is 2.54. The monoisotopic (exact) mass is 238 g/mol. The second-order valence-electron chi connectivity index (χ2n) is 3.82. The van der Waals surface area contributed by atoms with Crippen LogP contribution in [-0.2, 0) is 16.0 Å². The Balaban J connectivity index is 1.97. The van der Waals surface area contributed by atoms with Gasteiger partial charge in [-0.05, 0) is 24.8 Å². The number of nitrogens with one attached hydrogen (secondary N) is 1. The number of amides is 2. The maximum atomic E-state index is 11.7. The van der Waals surface area contributed by atoms with Crippen molar-refractivity contribution in [1.29, 1.82) is 0 Å². The fourth-order valence-corrected chi connectivity index (χ4v) is 2.39. The normalized spacial score (nSPS) is 21.6. The molecule has 0 aliphatic carbocycles. The third kappa shape index (κ3) is 2.31. The molecular formula is C11H14N2O2S. The van der Waals surface area contributed by atoms with Crippen LogP contribution >= 0.6 is 11.3 Å². The van der Waals surface area contributed by atoms with Crippen LogP contribution in [0.1, 0.15) is 11.8 Å². The van der Waals surface area contributed by atoms with Crippen molar-refractivity contribution in [3.05, 3.63) is 22.4 Å². The fraction of sp³-hybridized carbons (Fsp3) is 0.455. The molecule has 1 fully saturated rings. The number of piperazine rings is 1. The van der Waals surface area contributed by atoms with Gasteiger partial charge in [-0.25, -0.2) is 0 Å². The SMILES string of the molecule is CC1NCC(=O)N(CCc2cccs2)C1=O. The van der Waals surface area contributed by atoms with Crippen molar-refractivity contribution in [2.45, 2.75) is 19.4 Å². The second kappa shape index (κ2) is 4.76. The highest BCUT2D eigenvalue weighted by molar-refractivity contribution is 7.09. The number of carbonyl (C=O) groups is 2.